The molecule has 2 aromatic carbocycles. The van der Waals surface area contributed by atoms with E-state index in [1.807, 2.05) is 18.2 Å². The number of ether oxygens (including phenoxy) is 3. The zero-order chi connectivity index (χ0) is 29.3. The molecule has 3 rings (SSSR count). The molecule has 0 amide bonds. The van der Waals surface area contributed by atoms with E-state index in [-0.39, 0.29) is 23.2 Å². The SMILES string of the molecule is CCOC(=O)/C=C/c1ccc(OC)c(-c2cc3c(cc2OCCCCCCCC(=O)O)C(C)(C)CCC3(C)C)c1. The third-order valence-corrected chi connectivity index (χ3v) is 7.96. The number of hydrogen-bond donors (Lipinski definition) is 1. The van der Waals surface area contributed by atoms with Crippen molar-refractivity contribution in [1.29, 1.82) is 0 Å². The number of rotatable bonds is 14. The maximum absolute atomic E-state index is 11.9. The average molecular weight is 551 g/mol. The summed E-state index contributed by atoms with van der Waals surface area (Å²) in [6.07, 6.45) is 10.2. The first kappa shape index (κ1) is 31.3. The van der Waals surface area contributed by atoms with Gasteiger partial charge >= 0.3 is 11.9 Å². The molecule has 0 unspecified atom stereocenters. The summed E-state index contributed by atoms with van der Waals surface area (Å²) in [7, 11) is 1.67. The lowest BCUT2D eigenvalue weighted by atomic mass is 9.62. The fourth-order valence-electron chi connectivity index (χ4n) is 5.41. The quantitative estimate of drug-likeness (QED) is 0.145. The van der Waals surface area contributed by atoms with Crippen LogP contribution >= 0.6 is 0 Å². The number of carbonyl (C=O) groups excluding carboxylic acids is 1. The highest BCUT2D eigenvalue weighted by atomic mass is 16.5. The number of methoxy groups -OCH3 is 1. The largest absolute Gasteiger partial charge is 0.496 e. The van der Waals surface area contributed by atoms with E-state index in [0.717, 1.165) is 73.1 Å². The molecular formula is C34H46O6. The van der Waals surface area contributed by atoms with E-state index >= 15 is 0 Å². The van der Waals surface area contributed by atoms with Gasteiger partial charge < -0.3 is 19.3 Å². The number of esters is 1. The molecule has 218 valence electrons. The Morgan fingerprint density at radius 3 is 2.15 bits per heavy atom. The van der Waals surface area contributed by atoms with Crippen molar-refractivity contribution in [3.05, 3.63) is 53.1 Å². The number of hydrogen-bond acceptors (Lipinski definition) is 5. The summed E-state index contributed by atoms with van der Waals surface area (Å²) in [6, 6.07) is 10.4. The molecule has 0 aromatic heterocycles. The third kappa shape index (κ3) is 8.12. The molecule has 0 saturated carbocycles. The summed E-state index contributed by atoms with van der Waals surface area (Å²) in [5.41, 5.74) is 5.50. The van der Waals surface area contributed by atoms with Crippen LogP contribution in [0, 0.1) is 0 Å². The summed E-state index contributed by atoms with van der Waals surface area (Å²) in [5, 5.41) is 8.83. The Bertz CT molecular complexity index is 1210. The van der Waals surface area contributed by atoms with Crippen LogP contribution in [0.25, 0.3) is 17.2 Å². The summed E-state index contributed by atoms with van der Waals surface area (Å²) in [4.78, 5) is 22.7. The maximum Gasteiger partial charge on any atom is 0.330 e. The fraction of sp³-hybridized carbons (Fsp3) is 0.529. The molecule has 0 fully saturated rings. The van der Waals surface area contributed by atoms with Gasteiger partial charge in [-0.2, -0.15) is 0 Å². The number of carbonyl (C=O) groups is 2. The molecule has 0 spiro atoms. The van der Waals surface area contributed by atoms with Crippen LogP contribution in [0.4, 0.5) is 0 Å². The molecule has 1 aliphatic rings. The van der Waals surface area contributed by atoms with Crippen molar-refractivity contribution in [3.8, 4) is 22.6 Å². The first-order valence-corrected chi connectivity index (χ1v) is 14.6. The van der Waals surface area contributed by atoms with Crippen LogP contribution in [-0.2, 0) is 25.2 Å². The van der Waals surface area contributed by atoms with E-state index in [9.17, 15) is 9.59 Å². The Kier molecular flexibility index (Phi) is 10.8. The number of aliphatic carboxylic acids is 1. The minimum absolute atomic E-state index is 0.0305. The fourth-order valence-corrected chi connectivity index (χ4v) is 5.41. The lowest BCUT2D eigenvalue weighted by Gasteiger charge is -2.42. The molecule has 0 aliphatic heterocycles. The summed E-state index contributed by atoms with van der Waals surface area (Å²) in [6.45, 7) is 11.9. The van der Waals surface area contributed by atoms with Crippen molar-refractivity contribution < 1.29 is 28.9 Å². The third-order valence-electron chi connectivity index (χ3n) is 7.96. The van der Waals surface area contributed by atoms with Gasteiger partial charge in [-0.05, 0) is 90.5 Å². The first-order chi connectivity index (χ1) is 19.0. The highest BCUT2D eigenvalue weighted by molar-refractivity contribution is 5.88. The van der Waals surface area contributed by atoms with E-state index in [0.29, 0.717) is 13.2 Å². The number of carboxylic acids is 1. The van der Waals surface area contributed by atoms with Crippen LogP contribution in [0.5, 0.6) is 11.5 Å². The highest BCUT2D eigenvalue weighted by Crippen LogP contribution is 2.50. The van der Waals surface area contributed by atoms with Gasteiger partial charge in [0.15, 0.2) is 0 Å². The van der Waals surface area contributed by atoms with Gasteiger partial charge in [0, 0.05) is 23.6 Å². The topological polar surface area (TPSA) is 82.1 Å². The molecular weight excluding hydrogens is 504 g/mol. The Morgan fingerprint density at radius 1 is 0.875 bits per heavy atom. The van der Waals surface area contributed by atoms with Gasteiger partial charge in [0.1, 0.15) is 11.5 Å². The molecule has 1 N–H and O–H groups in total. The molecule has 40 heavy (non-hydrogen) atoms. The zero-order valence-corrected chi connectivity index (χ0v) is 25.1. The Labute approximate surface area is 239 Å². The van der Waals surface area contributed by atoms with Crippen molar-refractivity contribution in [2.45, 2.75) is 96.8 Å². The Balaban J connectivity index is 1.96. The molecule has 1 aliphatic carbocycles. The van der Waals surface area contributed by atoms with E-state index in [2.05, 4.69) is 39.8 Å². The van der Waals surface area contributed by atoms with E-state index in [1.165, 1.54) is 17.2 Å². The monoisotopic (exact) mass is 550 g/mol. The van der Waals surface area contributed by atoms with Crippen LogP contribution in [0.1, 0.15) is 103 Å². The molecule has 0 atom stereocenters. The number of unbranched alkanes of at least 4 members (excludes halogenated alkanes) is 4. The van der Waals surface area contributed by atoms with Crippen molar-refractivity contribution in [1.82, 2.24) is 0 Å². The van der Waals surface area contributed by atoms with E-state index in [1.54, 1.807) is 20.1 Å². The van der Waals surface area contributed by atoms with Gasteiger partial charge in [-0.3, -0.25) is 4.79 Å². The van der Waals surface area contributed by atoms with Gasteiger partial charge in [-0.25, -0.2) is 4.79 Å². The zero-order valence-electron chi connectivity index (χ0n) is 25.1. The minimum atomic E-state index is -0.731. The maximum atomic E-state index is 11.9. The van der Waals surface area contributed by atoms with Crippen molar-refractivity contribution in [3.63, 3.8) is 0 Å². The van der Waals surface area contributed by atoms with Crippen molar-refractivity contribution >= 4 is 18.0 Å². The molecule has 0 saturated heterocycles. The van der Waals surface area contributed by atoms with Gasteiger partial charge in [0.2, 0.25) is 0 Å². The molecule has 0 radical (unpaired) electrons. The average Bonchev–Trinajstić information content (AvgIpc) is 2.91. The van der Waals surface area contributed by atoms with Crippen LogP contribution < -0.4 is 9.47 Å². The molecule has 0 heterocycles. The van der Waals surface area contributed by atoms with Gasteiger partial charge in [0.25, 0.3) is 0 Å². The second-order valence-corrected chi connectivity index (χ2v) is 12.0. The van der Waals surface area contributed by atoms with Crippen molar-refractivity contribution in [2.24, 2.45) is 0 Å². The van der Waals surface area contributed by atoms with Gasteiger partial charge in [0.05, 0.1) is 20.3 Å². The van der Waals surface area contributed by atoms with Gasteiger partial charge in [-0.15, -0.1) is 0 Å². The minimum Gasteiger partial charge on any atom is -0.496 e. The Hall–Kier alpha value is -3.28. The smallest absolute Gasteiger partial charge is 0.330 e. The van der Waals surface area contributed by atoms with E-state index in [4.69, 9.17) is 19.3 Å². The lowest BCUT2D eigenvalue weighted by molar-refractivity contribution is -0.138. The van der Waals surface area contributed by atoms with Crippen LogP contribution in [-0.4, -0.2) is 37.4 Å². The van der Waals surface area contributed by atoms with E-state index < -0.39 is 5.97 Å². The second-order valence-electron chi connectivity index (χ2n) is 12.0. The molecule has 0 bridgehead atoms. The second kappa shape index (κ2) is 13.9. The lowest BCUT2D eigenvalue weighted by Crippen LogP contribution is -2.34. The predicted molar refractivity (Wildman–Crippen MR) is 160 cm³/mol. The molecule has 6 heteroatoms. The van der Waals surface area contributed by atoms with Crippen LogP contribution in [0.15, 0.2) is 36.4 Å². The molecule has 2 aromatic rings. The van der Waals surface area contributed by atoms with Crippen LogP contribution in [0.2, 0.25) is 0 Å². The van der Waals surface area contributed by atoms with Crippen LogP contribution in [0.3, 0.4) is 0 Å². The van der Waals surface area contributed by atoms with Crippen molar-refractivity contribution in [2.75, 3.05) is 20.3 Å². The standard InChI is InChI=1S/C34H46O6/c1-7-39-32(37)17-15-24-14-16-29(38-6)25(21-24)26-22-27-28(34(4,5)19-18-33(27,2)3)23-30(26)40-20-12-10-8-9-11-13-31(35)36/h14-17,21-23H,7-13,18-20H2,1-6H3,(H,35,36)/b17-15+. The normalized spacial score (nSPS) is 15.4. The predicted octanol–water partition coefficient (Wildman–Crippen LogP) is 8.09. The number of benzene rings is 2. The Morgan fingerprint density at radius 2 is 1.50 bits per heavy atom. The molecule has 6 nitrogen and oxygen atoms in total. The van der Waals surface area contributed by atoms with Gasteiger partial charge in [-0.1, -0.05) is 53.0 Å². The first-order valence-electron chi connectivity index (χ1n) is 14.6. The number of carboxylic acid groups (broad SMARTS) is 1. The number of fused-ring (bicyclic) bond motifs is 1. The summed E-state index contributed by atoms with van der Waals surface area (Å²) >= 11 is 0. The summed E-state index contributed by atoms with van der Waals surface area (Å²) < 4.78 is 17.3. The summed E-state index contributed by atoms with van der Waals surface area (Å²) in [5.74, 6) is 0.472. The highest BCUT2D eigenvalue weighted by Gasteiger charge is 2.38.